The topological polar surface area (TPSA) is 146 Å². The van der Waals surface area contributed by atoms with Crippen molar-refractivity contribution in [3.05, 3.63) is 0 Å². The van der Waals surface area contributed by atoms with Crippen molar-refractivity contribution < 1.29 is 46.6 Å². The fourth-order valence-corrected chi connectivity index (χ4v) is 3.58. The second-order valence-corrected chi connectivity index (χ2v) is 9.38. The van der Waals surface area contributed by atoms with E-state index in [4.69, 9.17) is 23.9 Å². The van der Waals surface area contributed by atoms with Crippen LogP contribution in [0.5, 0.6) is 0 Å². The van der Waals surface area contributed by atoms with Crippen LogP contribution in [0.1, 0.15) is 77.6 Å². The van der Waals surface area contributed by atoms with Gasteiger partial charge in [-0.2, -0.15) is 8.42 Å². The molecule has 196 valence electrons. The molecule has 0 saturated carbocycles. The maximum Gasteiger partial charge on any atom is 0.325 e. The number of carbonyl (C=O) groups is 2. The molecule has 11 heteroatoms. The average Bonchev–Trinajstić information content (AvgIpc) is 2.75. The predicted octanol–water partition coefficient (Wildman–Crippen LogP) is 3.23. The third kappa shape index (κ3) is 21.0. The molecule has 0 unspecified atom stereocenters. The Labute approximate surface area is 198 Å². The van der Waals surface area contributed by atoms with Gasteiger partial charge in [-0.3, -0.25) is 14.1 Å². The normalized spacial score (nSPS) is 12.5. The molecular weight excluding hydrogens is 456 g/mol. The van der Waals surface area contributed by atoms with E-state index in [-0.39, 0.29) is 19.8 Å². The van der Waals surface area contributed by atoms with Crippen molar-refractivity contribution in [3.63, 3.8) is 0 Å². The van der Waals surface area contributed by atoms with Crippen molar-refractivity contribution in [2.45, 2.75) is 82.8 Å². The highest BCUT2D eigenvalue weighted by Gasteiger charge is 2.33. The highest BCUT2D eigenvalue weighted by atomic mass is 32.2. The van der Waals surface area contributed by atoms with Gasteiger partial charge in [0.1, 0.15) is 6.61 Å². The first kappa shape index (κ1) is 31.7. The summed E-state index contributed by atoms with van der Waals surface area (Å²) in [7, 11) is -4.88. The number of rotatable bonds is 24. The number of carboxylic acid groups (broad SMARTS) is 1. The van der Waals surface area contributed by atoms with E-state index < -0.39 is 33.7 Å². The monoisotopic (exact) mass is 498 g/mol. The van der Waals surface area contributed by atoms with Gasteiger partial charge in [-0.1, -0.05) is 64.7 Å². The second kappa shape index (κ2) is 21.3. The van der Waals surface area contributed by atoms with Crippen molar-refractivity contribution >= 4 is 22.1 Å². The Balaban J connectivity index is 3.36. The predicted molar refractivity (Wildman–Crippen MR) is 123 cm³/mol. The fourth-order valence-electron chi connectivity index (χ4n) is 2.98. The molecule has 0 radical (unpaired) electrons. The minimum atomic E-state index is -4.88. The molecule has 0 amide bonds. The molecule has 0 heterocycles. The van der Waals surface area contributed by atoms with Crippen LogP contribution < -0.4 is 0 Å². The lowest BCUT2D eigenvalue weighted by Crippen LogP contribution is -2.32. The van der Waals surface area contributed by atoms with Gasteiger partial charge in [0.25, 0.3) is 10.1 Å². The zero-order valence-corrected chi connectivity index (χ0v) is 20.7. The van der Waals surface area contributed by atoms with Gasteiger partial charge >= 0.3 is 11.9 Å². The Morgan fingerprint density at radius 3 is 1.58 bits per heavy atom. The maximum absolute atomic E-state index is 11.4. The molecule has 0 aromatic heterocycles. The van der Waals surface area contributed by atoms with Crippen molar-refractivity contribution in [2.24, 2.45) is 0 Å². The lowest BCUT2D eigenvalue weighted by Gasteiger charge is -2.10. The molecule has 0 aromatic carbocycles. The van der Waals surface area contributed by atoms with E-state index in [0.717, 1.165) is 13.0 Å². The minimum Gasteiger partial charge on any atom is -0.480 e. The lowest BCUT2D eigenvalue weighted by atomic mass is 10.1. The average molecular weight is 499 g/mol. The summed E-state index contributed by atoms with van der Waals surface area (Å²) in [6.07, 6.45) is 11.9. The molecule has 0 aliphatic heterocycles. The van der Waals surface area contributed by atoms with Gasteiger partial charge in [-0.25, -0.2) is 0 Å². The number of hydrogen-bond acceptors (Lipinski definition) is 8. The molecule has 0 saturated heterocycles. The summed E-state index contributed by atoms with van der Waals surface area (Å²) in [5.41, 5.74) is 0. The maximum atomic E-state index is 11.4. The van der Waals surface area contributed by atoms with Crippen LogP contribution in [0.25, 0.3) is 0 Å². The summed E-state index contributed by atoms with van der Waals surface area (Å²) < 4.78 is 51.3. The number of ether oxygens (including phenoxy) is 4. The number of carboxylic acids is 1. The molecule has 10 nitrogen and oxygen atoms in total. The Kier molecular flexibility index (Phi) is 20.5. The third-order valence-corrected chi connectivity index (χ3v) is 5.95. The summed E-state index contributed by atoms with van der Waals surface area (Å²) in [5, 5.41) is 6.46. The van der Waals surface area contributed by atoms with Gasteiger partial charge < -0.3 is 24.1 Å². The zero-order valence-electron chi connectivity index (χ0n) is 19.9. The smallest absolute Gasteiger partial charge is 0.325 e. The van der Waals surface area contributed by atoms with E-state index in [2.05, 4.69) is 11.7 Å². The first-order chi connectivity index (χ1) is 15.8. The third-order valence-electron chi connectivity index (χ3n) is 4.86. The molecular formula is C22H42O10S. The summed E-state index contributed by atoms with van der Waals surface area (Å²) >= 11 is 0. The number of esters is 1. The number of unbranched alkanes of at least 4 members (excludes halogenated alkanes) is 9. The Hall–Kier alpha value is -1.27. The molecule has 0 rings (SSSR count). The Morgan fingerprint density at radius 1 is 0.697 bits per heavy atom. The lowest BCUT2D eigenvalue weighted by molar-refractivity contribution is -0.148. The van der Waals surface area contributed by atoms with Gasteiger partial charge in [0.15, 0.2) is 5.25 Å². The minimum absolute atomic E-state index is 0.0496. The van der Waals surface area contributed by atoms with Crippen LogP contribution in [0.4, 0.5) is 0 Å². The van der Waals surface area contributed by atoms with Crippen LogP contribution >= 0.6 is 0 Å². The van der Waals surface area contributed by atoms with Gasteiger partial charge in [-0.05, 0) is 6.42 Å². The second-order valence-electron chi connectivity index (χ2n) is 7.79. The fraction of sp³-hybridized carbons (Fsp3) is 0.909. The SMILES string of the molecule is CCCCCCCCCCCCOCCOCCOCCOC(=O)C[C@H](C(=O)O)S(=O)(=O)O. The Bertz CT molecular complexity index is 594. The van der Waals surface area contributed by atoms with Crippen molar-refractivity contribution in [2.75, 3.05) is 46.2 Å². The quantitative estimate of drug-likeness (QED) is 0.115. The standard InChI is InChI=1S/C22H42O10S/c1-2-3-4-5-6-7-8-9-10-11-12-29-13-14-30-15-16-31-17-18-32-21(23)19-20(22(24)25)33(26,27)28/h20H,2-19H2,1H3,(H,24,25)(H,26,27,28)/t20-/m1/s1. The van der Waals surface area contributed by atoms with Crippen molar-refractivity contribution in [3.8, 4) is 0 Å². The van der Waals surface area contributed by atoms with E-state index in [1.807, 2.05) is 0 Å². The van der Waals surface area contributed by atoms with E-state index in [0.29, 0.717) is 19.8 Å². The number of carbonyl (C=O) groups excluding carboxylic acids is 1. The van der Waals surface area contributed by atoms with E-state index in [9.17, 15) is 18.0 Å². The molecule has 2 N–H and O–H groups in total. The zero-order chi connectivity index (χ0) is 24.8. The van der Waals surface area contributed by atoms with Gasteiger partial charge in [0.05, 0.1) is 39.5 Å². The summed E-state index contributed by atoms with van der Waals surface area (Å²) in [6.45, 7) is 4.46. The number of hydrogen-bond donors (Lipinski definition) is 2. The van der Waals surface area contributed by atoms with Crippen molar-refractivity contribution in [1.82, 2.24) is 0 Å². The molecule has 0 spiro atoms. The highest BCUT2D eigenvalue weighted by molar-refractivity contribution is 7.87. The van der Waals surface area contributed by atoms with E-state index >= 15 is 0 Å². The summed E-state index contributed by atoms with van der Waals surface area (Å²) in [5.74, 6) is -2.88. The van der Waals surface area contributed by atoms with Gasteiger partial charge in [-0.15, -0.1) is 0 Å². The van der Waals surface area contributed by atoms with Gasteiger partial charge in [0, 0.05) is 6.61 Å². The molecule has 0 aromatic rings. The van der Waals surface area contributed by atoms with Gasteiger partial charge in [0.2, 0.25) is 0 Å². The summed E-state index contributed by atoms with van der Waals surface area (Å²) in [4.78, 5) is 22.2. The molecule has 33 heavy (non-hydrogen) atoms. The Morgan fingerprint density at radius 2 is 1.12 bits per heavy atom. The van der Waals surface area contributed by atoms with Crippen molar-refractivity contribution in [1.29, 1.82) is 0 Å². The molecule has 0 fully saturated rings. The van der Waals surface area contributed by atoms with Crippen LogP contribution in [-0.4, -0.2) is 81.5 Å². The first-order valence-electron chi connectivity index (χ1n) is 11.9. The van der Waals surface area contributed by atoms with E-state index in [1.54, 1.807) is 0 Å². The largest absolute Gasteiger partial charge is 0.480 e. The van der Waals surface area contributed by atoms with Crippen LogP contribution in [-0.2, 0) is 38.7 Å². The van der Waals surface area contributed by atoms with Crippen LogP contribution in [0.3, 0.4) is 0 Å². The van der Waals surface area contributed by atoms with Crippen LogP contribution in [0.15, 0.2) is 0 Å². The first-order valence-corrected chi connectivity index (χ1v) is 13.4. The van der Waals surface area contributed by atoms with Crippen LogP contribution in [0.2, 0.25) is 0 Å². The van der Waals surface area contributed by atoms with Crippen LogP contribution in [0, 0.1) is 0 Å². The highest BCUT2D eigenvalue weighted by Crippen LogP contribution is 2.10. The molecule has 0 bridgehead atoms. The molecule has 1 atom stereocenters. The molecule has 0 aliphatic carbocycles. The van der Waals surface area contributed by atoms with E-state index in [1.165, 1.54) is 57.8 Å². The molecule has 0 aliphatic rings. The number of aliphatic carboxylic acids is 1. The summed E-state index contributed by atoms with van der Waals surface area (Å²) in [6, 6.07) is 0.